The molecule has 7 nitrogen and oxygen atoms in total. The molecule has 0 atom stereocenters. The van der Waals surface area contributed by atoms with E-state index in [1.165, 1.54) is 17.0 Å². The number of alkyl halides is 3. The molecule has 1 heterocycles. The lowest BCUT2D eigenvalue weighted by molar-refractivity contribution is -0.137. The Kier molecular flexibility index (Phi) is 12.2. The van der Waals surface area contributed by atoms with Crippen LogP contribution in [0.5, 0.6) is 11.5 Å². The van der Waals surface area contributed by atoms with E-state index < -0.39 is 17.6 Å². The van der Waals surface area contributed by atoms with Crippen molar-refractivity contribution in [3.63, 3.8) is 0 Å². The second-order valence-corrected chi connectivity index (χ2v) is 11.0. The van der Waals surface area contributed by atoms with Gasteiger partial charge in [0.1, 0.15) is 6.54 Å². The molecule has 0 saturated heterocycles. The molecule has 1 aromatic heterocycles. The average Bonchev–Trinajstić information content (AvgIpc) is 3.40. The molecule has 0 radical (unpaired) electrons. The van der Waals surface area contributed by atoms with Gasteiger partial charge in [-0.2, -0.15) is 13.2 Å². The van der Waals surface area contributed by atoms with Crippen LogP contribution in [0.4, 0.5) is 13.2 Å². The minimum Gasteiger partial charge on any atom is -0.493 e. The molecule has 2 amide bonds. The topological polar surface area (TPSA) is 68.3 Å². The predicted octanol–water partition coefficient (Wildman–Crippen LogP) is 6.23. The Bertz CT molecular complexity index is 1330. The number of amides is 2. The second kappa shape index (κ2) is 15.6. The summed E-state index contributed by atoms with van der Waals surface area (Å²) in [5, 5.41) is 0. The minimum atomic E-state index is -4.59. The molecule has 11 heteroatoms. The molecular weight excluding hydrogens is 569 g/mol. The molecule has 0 aliphatic rings. The van der Waals surface area contributed by atoms with Crippen LogP contribution < -0.4 is 9.47 Å². The van der Waals surface area contributed by atoms with E-state index in [2.05, 4.69) is 0 Å². The predicted molar refractivity (Wildman–Crippen MR) is 156 cm³/mol. The van der Waals surface area contributed by atoms with Crippen molar-refractivity contribution in [3.05, 3.63) is 81.0 Å². The highest BCUT2D eigenvalue weighted by Crippen LogP contribution is 2.30. The van der Waals surface area contributed by atoms with E-state index >= 15 is 0 Å². The molecule has 228 valence electrons. The Morgan fingerprint density at radius 1 is 0.929 bits per heavy atom. The summed E-state index contributed by atoms with van der Waals surface area (Å²) in [6.07, 6.45) is -3.64. The summed E-state index contributed by atoms with van der Waals surface area (Å²) in [5.74, 6) is 0.226. The Labute approximate surface area is 248 Å². The van der Waals surface area contributed by atoms with Gasteiger partial charge in [0.15, 0.2) is 11.5 Å². The molecule has 0 aliphatic carbocycles. The lowest BCUT2D eigenvalue weighted by Crippen LogP contribution is -2.44. The first-order valence-corrected chi connectivity index (χ1v) is 14.5. The number of carbonyl (C=O) groups is 2. The maximum atomic E-state index is 13.7. The number of hydrogen-bond donors (Lipinski definition) is 0. The third-order valence-corrected chi connectivity index (χ3v) is 7.57. The van der Waals surface area contributed by atoms with E-state index in [0.717, 1.165) is 27.5 Å². The maximum absolute atomic E-state index is 13.7. The van der Waals surface area contributed by atoms with Crippen LogP contribution in [-0.4, -0.2) is 68.7 Å². The zero-order valence-electron chi connectivity index (χ0n) is 24.3. The van der Waals surface area contributed by atoms with Crippen molar-refractivity contribution in [1.29, 1.82) is 0 Å². The summed E-state index contributed by atoms with van der Waals surface area (Å²) >= 11 is 1.58. The van der Waals surface area contributed by atoms with Gasteiger partial charge in [-0.05, 0) is 74.7 Å². The first-order valence-electron chi connectivity index (χ1n) is 13.6. The summed E-state index contributed by atoms with van der Waals surface area (Å²) in [4.78, 5) is 32.3. The van der Waals surface area contributed by atoms with Gasteiger partial charge in [-0.1, -0.05) is 12.1 Å². The summed E-state index contributed by atoms with van der Waals surface area (Å²) in [7, 11) is 3.11. The van der Waals surface area contributed by atoms with Crippen LogP contribution in [0.1, 0.15) is 44.6 Å². The normalized spacial score (nSPS) is 11.3. The van der Waals surface area contributed by atoms with E-state index in [4.69, 9.17) is 14.2 Å². The molecule has 2 aromatic carbocycles. The number of ether oxygens (including phenoxy) is 3. The zero-order chi connectivity index (χ0) is 30.7. The molecule has 3 aromatic rings. The Morgan fingerprint density at radius 3 is 2.33 bits per heavy atom. The van der Waals surface area contributed by atoms with Gasteiger partial charge < -0.3 is 24.0 Å². The molecule has 42 heavy (non-hydrogen) atoms. The number of hydrogen-bond acceptors (Lipinski definition) is 6. The van der Waals surface area contributed by atoms with Gasteiger partial charge >= 0.3 is 6.18 Å². The number of thiophene rings is 1. The average molecular weight is 607 g/mol. The van der Waals surface area contributed by atoms with Crippen LogP contribution in [0, 0.1) is 6.92 Å². The van der Waals surface area contributed by atoms with Gasteiger partial charge in [-0.15, -0.1) is 11.3 Å². The van der Waals surface area contributed by atoms with E-state index in [1.807, 2.05) is 38.1 Å². The van der Waals surface area contributed by atoms with Crippen LogP contribution in [0.3, 0.4) is 0 Å². The van der Waals surface area contributed by atoms with Gasteiger partial charge in [0.2, 0.25) is 5.91 Å². The highest BCUT2D eigenvalue weighted by atomic mass is 32.1. The minimum absolute atomic E-state index is 0.125. The van der Waals surface area contributed by atoms with E-state index in [-0.39, 0.29) is 24.6 Å². The summed E-state index contributed by atoms with van der Waals surface area (Å²) in [6.45, 7) is 5.25. The van der Waals surface area contributed by atoms with Crippen LogP contribution in [0.25, 0.3) is 0 Å². The molecule has 0 spiro atoms. The van der Waals surface area contributed by atoms with Crippen LogP contribution >= 0.6 is 11.3 Å². The first-order chi connectivity index (χ1) is 20.0. The Morgan fingerprint density at radius 2 is 1.69 bits per heavy atom. The first kappa shape index (κ1) is 32.9. The SMILES string of the molecule is CCOCCCN(CC(=O)N(CCc1ccc(OC)c(OC)c1)Cc1ccc(C)s1)C(=O)c1cccc(C(F)(F)F)c1. The van der Waals surface area contributed by atoms with Crippen LogP contribution in [-0.2, 0) is 28.7 Å². The standard InChI is InChI=1S/C31H37F3N2O5S/c1-5-41-17-7-15-36(30(38)24-8-6-9-25(19-24)31(32,33)34)21-29(37)35(20-26-12-10-22(2)42-26)16-14-23-11-13-27(39-3)28(18-23)40-4/h6,8-13,18-19H,5,7,14-17,20-21H2,1-4H3. The molecule has 0 aliphatic heterocycles. The van der Waals surface area contributed by atoms with Crippen LogP contribution in [0.2, 0.25) is 0 Å². The molecular formula is C31H37F3N2O5S. The summed E-state index contributed by atoms with van der Waals surface area (Å²) < 4.78 is 56.1. The lowest BCUT2D eigenvalue weighted by Gasteiger charge is -2.28. The molecule has 3 rings (SSSR count). The zero-order valence-corrected chi connectivity index (χ0v) is 25.1. The van der Waals surface area contributed by atoms with Gasteiger partial charge in [0.25, 0.3) is 5.91 Å². The molecule has 0 saturated carbocycles. The van der Waals surface area contributed by atoms with Crippen molar-refractivity contribution in [1.82, 2.24) is 9.80 Å². The second-order valence-electron chi connectivity index (χ2n) is 9.62. The molecule has 0 unspecified atom stereocenters. The monoisotopic (exact) mass is 606 g/mol. The van der Waals surface area contributed by atoms with E-state index in [9.17, 15) is 22.8 Å². The van der Waals surface area contributed by atoms with Crippen molar-refractivity contribution >= 4 is 23.2 Å². The highest BCUT2D eigenvalue weighted by molar-refractivity contribution is 7.11. The van der Waals surface area contributed by atoms with E-state index in [0.29, 0.717) is 50.6 Å². The lowest BCUT2D eigenvalue weighted by atomic mass is 10.1. The van der Waals surface area contributed by atoms with Crippen molar-refractivity contribution in [2.45, 2.75) is 39.4 Å². The third kappa shape index (κ3) is 9.49. The van der Waals surface area contributed by atoms with Gasteiger partial charge in [-0.25, -0.2) is 0 Å². The number of benzene rings is 2. The molecule has 0 N–H and O–H groups in total. The van der Waals surface area contributed by atoms with Crippen LogP contribution in [0.15, 0.2) is 54.6 Å². The Hall–Kier alpha value is -3.57. The number of methoxy groups -OCH3 is 2. The van der Waals surface area contributed by atoms with Crippen molar-refractivity contribution in [2.75, 3.05) is 47.1 Å². The summed E-state index contributed by atoms with van der Waals surface area (Å²) in [5.41, 5.74) is -0.111. The van der Waals surface area contributed by atoms with Crippen molar-refractivity contribution < 1.29 is 37.0 Å². The number of carbonyl (C=O) groups excluding carboxylic acids is 2. The van der Waals surface area contributed by atoms with Gasteiger partial charge in [0.05, 0.1) is 26.3 Å². The fourth-order valence-corrected chi connectivity index (χ4v) is 5.29. The highest BCUT2D eigenvalue weighted by Gasteiger charge is 2.32. The van der Waals surface area contributed by atoms with E-state index in [1.54, 1.807) is 36.5 Å². The van der Waals surface area contributed by atoms with Crippen molar-refractivity contribution in [3.8, 4) is 11.5 Å². The maximum Gasteiger partial charge on any atom is 0.416 e. The fourth-order valence-electron chi connectivity index (χ4n) is 4.38. The molecule has 0 fully saturated rings. The van der Waals surface area contributed by atoms with Crippen molar-refractivity contribution in [2.24, 2.45) is 0 Å². The number of halogens is 3. The number of nitrogens with zero attached hydrogens (tertiary/aromatic N) is 2. The number of rotatable bonds is 15. The Balaban J connectivity index is 1.83. The smallest absolute Gasteiger partial charge is 0.416 e. The largest absolute Gasteiger partial charge is 0.493 e. The fraction of sp³-hybridized carbons (Fsp3) is 0.419. The molecule has 0 bridgehead atoms. The summed E-state index contributed by atoms with van der Waals surface area (Å²) in [6, 6.07) is 13.8. The quantitative estimate of drug-likeness (QED) is 0.192. The van der Waals surface area contributed by atoms with Gasteiger partial charge in [-0.3, -0.25) is 9.59 Å². The third-order valence-electron chi connectivity index (χ3n) is 6.58. The van der Waals surface area contributed by atoms with Gasteiger partial charge in [0, 0.05) is 41.6 Å². The number of aryl methyl sites for hydroxylation is 1.